The van der Waals surface area contributed by atoms with Crippen molar-refractivity contribution in [2.75, 3.05) is 6.61 Å². The van der Waals surface area contributed by atoms with Crippen LogP contribution in [0.25, 0.3) is 10.9 Å². The molecule has 1 heterocycles. The van der Waals surface area contributed by atoms with Gasteiger partial charge in [-0.2, -0.15) is 0 Å². The van der Waals surface area contributed by atoms with Crippen LogP contribution in [-0.2, 0) is 4.79 Å². The van der Waals surface area contributed by atoms with Crippen LogP contribution >= 0.6 is 11.6 Å². The van der Waals surface area contributed by atoms with E-state index in [0.717, 1.165) is 30.2 Å². The fourth-order valence-corrected chi connectivity index (χ4v) is 5.14. The standard InChI is InChI=1S/C24H20ClFN2O3/c25-19-6-5-18(8-20(19)26)31-11-17(29)9-23-12-24(13-23,14-23)28-22(30)16-7-15-3-1-2-4-21(15)27-10-16/h1-8,10H,9,11-14H2,(H,28,30). The number of hydrogen-bond acceptors (Lipinski definition) is 4. The molecule has 31 heavy (non-hydrogen) atoms. The molecule has 3 aliphatic rings. The number of pyridine rings is 1. The molecule has 1 aromatic heterocycles. The number of para-hydroxylation sites is 1. The van der Waals surface area contributed by atoms with Gasteiger partial charge in [0.2, 0.25) is 0 Å². The zero-order chi connectivity index (χ0) is 21.6. The second-order valence-corrected chi connectivity index (χ2v) is 9.17. The van der Waals surface area contributed by atoms with Gasteiger partial charge in [-0.25, -0.2) is 4.39 Å². The van der Waals surface area contributed by atoms with Crippen molar-refractivity contribution >= 4 is 34.2 Å². The number of ketones is 1. The number of nitrogens with zero attached hydrogens (tertiary/aromatic N) is 1. The Hall–Kier alpha value is -2.99. The second kappa shape index (κ2) is 7.31. The Labute approximate surface area is 183 Å². The van der Waals surface area contributed by atoms with Gasteiger partial charge in [-0.05, 0) is 48.9 Å². The molecule has 7 heteroatoms. The van der Waals surface area contributed by atoms with Gasteiger partial charge in [0.25, 0.3) is 5.91 Å². The van der Waals surface area contributed by atoms with Crippen LogP contribution in [0, 0.1) is 11.2 Å². The highest BCUT2D eigenvalue weighted by atomic mass is 35.5. The molecule has 6 rings (SSSR count). The van der Waals surface area contributed by atoms with Gasteiger partial charge < -0.3 is 10.1 Å². The van der Waals surface area contributed by atoms with Gasteiger partial charge in [-0.1, -0.05) is 29.8 Å². The number of nitrogens with one attached hydrogen (secondary N) is 1. The second-order valence-electron chi connectivity index (χ2n) is 8.76. The molecule has 2 aromatic carbocycles. The quantitative estimate of drug-likeness (QED) is 0.579. The minimum Gasteiger partial charge on any atom is -0.486 e. The molecule has 0 atom stereocenters. The van der Waals surface area contributed by atoms with Crippen LogP contribution in [0.2, 0.25) is 5.02 Å². The summed E-state index contributed by atoms with van der Waals surface area (Å²) in [6.45, 7) is -0.106. The van der Waals surface area contributed by atoms with Gasteiger partial charge in [0, 0.05) is 29.6 Å². The molecule has 1 amide bonds. The van der Waals surface area contributed by atoms with Crippen LogP contribution in [0.15, 0.2) is 54.7 Å². The minimum atomic E-state index is -0.578. The number of ether oxygens (including phenoxy) is 1. The highest BCUT2D eigenvalue weighted by Gasteiger charge is 2.68. The molecule has 0 spiro atoms. The summed E-state index contributed by atoms with van der Waals surface area (Å²) in [4.78, 5) is 29.4. The lowest BCUT2D eigenvalue weighted by atomic mass is 9.38. The first-order valence-corrected chi connectivity index (χ1v) is 10.5. The molecular weight excluding hydrogens is 419 g/mol. The molecule has 3 saturated carbocycles. The number of amides is 1. The number of halogens is 2. The number of fused-ring (bicyclic) bond motifs is 1. The van der Waals surface area contributed by atoms with E-state index in [1.165, 1.54) is 18.2 Å². The fourth-order valence-electron chi connectivity index (χ4n) is 5.03. The minimum absolute atomic E-state index is 0.0133. The van der Waals surface area contributed by atoms with Crippen LogP contribution in [0.3, 0.4) is 0 Å². The Bertz CT molecular complexity index is 1190. The van der Waals surface area contributed by atoms with Crippen LogP contribution in [-0.4, -0.2) is 28.8 Å². The largest absolute Gasteiger partial charge is 0.486 e. The first-order chi connectivity index (χ1) is 14.9. The highest BCUT2D eigenvalue weighted by molar-refractivity contribution is 6.30. The third-order valence-corrected chi connectivity index (χ3v) is 6.54. The predicted molar refractivity (Wildman–Crippen MR) is 115 cm³/mol. The lowest BCUT2D eigenvalue weighted by Crippen LogP contribution is -2.75. The van der Waals surface area contributed by atoms with Gasteiger partial charge in [-0.15, -0.1) is 0 Å². The number of rotatable bonds is 7. The number of aromatic nitrogens is 1. The zero-order valence-electron chi connectivity index (χ0n) is 16.7. The number of Topliss-reactive ketones (excluding diaryl/α,β-unsaturated/α-hetero) is 1. The fraction of sp³-hybridized carbons (Fsp3) is 0.292. The third-order valence-electron chi connectivity index (χ3n) is 6.23. The summed E-state index contributed by atoms with van der Waals surface area (Å²) < 4.78 is 18.8. The van der Waals surface area contributed by atoms with Crippen molar-refractivity contribution in [1.29, 1.82) is 0 Å². The van der Waals surface area contributed by atoms with Crippen LogP contribution < -0.4 is 10.1 Å². The average molecular weight is 439 g/mol. The van der Waals surface area contributed by atoms with E-state index >= 15 is 0 Å². The number of hydrogen-bond donors (Lipinski definition) is 1. The molecule has 158 valence electrons. The molecule has 0 aliphatic heterocycles. The molecule has 5 nitrogen and oxygen atoms in total. The molecule has 0 radical (unpaired) electrons. The molecule has 3 aliphatic carbocycles. The number of carbonyl (C=O) groups is 2. The van der Waals surface area contributed by atoms with Gasteiger partial charge in [0.05, 0.1) is 16.1 Å². The first kappa shape index (κ1) is 19.9. The van der Waals surface area contributed by atoms with Gasteiger partial charge in [0.15, 0.2) is 5.78 Å². The molecule has 0 unspecified atom stereocenters. The van der Waals surface area contributed by atoms with Crippen LogP contribution in [0.4, 0.5) is 4.39 Å². The lowest BCUT2D eigenvalue weighted by molar-refractivity contribution is -0.162. The predicted octanol–water partition coefficient (Wildman–Crippen LogP) is 4.72. The van der Waals surface area contributed by atoms with Crippen LogP contribution in [0.5, 0.6) is 5.75 Å². The molecule has 1 N–H and O–H groups in total. The van der Waals surface area contributed by atoms with E-state index in [1.807, 2.05) is 30.3 Å². The van der Waals surface area contributed by atoms with Gasteiger partial charge >= 0.3 is 0 Å². The first-order valence-electron chi connectivity index (χ1n) is 10.1. The smallest absolute Gasteiger partial charge is 0.253 e. The molecular formula is C24H20ClFN2O3. The summed E-state index contributed by atoms with van der Waals surface area (Å²) >= 11 is 5.65. The summed E-state index contributed by atoms with van der Waals surface area (Å²) in [6, 6.07) is 13.6. The Morgan fingerprint density at radius 2 is 1.90 bits per heavy atom. The van der Waals surface area contributed by atoms with E-state index in [1.54, 1.807) is 6.20 Å². The lowest BCUT2D eigenvalue weighted by Gasteiger charge is -2.70. The summed E-state index contributed by atoms with van der Waals surface area (Å²) in [6.07, 6.45) is 4.35. The Kier molecular flexibility index (Phi) is 4.70. The zero-order valence-corrected chi connectivity index (χ0v) is 17.4. The molecule has 3 aromatic rings. The topological polar surface area (TPSA) is 68.3 Å². The molecule has 0 saturated heterocycles. The number of carbonyl (C=O) groups excluding carboxylic acids is 2. The molecule has 2 bridgehead atoms. The Morgan fingerprint density at radius 3 is 2.68 bits per heavy atom. The monoisotopic (exact) mass is 438 g/mol. The van der Waals surface area contributed by atoms with E-state index in [2.05, 4.69) is 10.3 Å². The van der Waals surface area contributed by atoms with E-state index in [-0.39, 0.29) is 40.0 Å². The normalized spacial score (nSPS) is 23.5. The average Bonchev–Trinajstić information content (AvgIpc) is 2.71. The summed E-state index contributed by atoms with van der Waals surface area (Å²) in [7, 11) is 0. The van der Waals surface area contributed by atoms with Crippen LogP contribution in [0.1, 0.15) is 36.0 Å². The Morgan fingerprint density at radius 1 is 1.13 bits per heavy atom. The van der Waals surface area contributed by atoms with Crippen molar-refractivity contribution in [2.45, 2.75) is 31.2 Å². The maximum atomic E-state index is 13.5. The maximum absolute atomic E-state index is 13.5. The van der Waals surface area contributed by atoms with E-state index in [0.29, 0.717) is 12.0 Å². The highest BCUT2D eigenvalue weighted by Crippen LogP contribution is 2.69. The van der Waals surface area contributed by atoms with Crippen molar-refractivity contribution in [3.8, 4) is 5.75 Å². The SMILES string of the molecule is O=C(COc1ccc(Cl)c(F)c1)CC12CC(NC(=O)c3cnc4ccccc4c3)(C1)C2. The van der Waals surface area contributed by atoms with Gasteiger partial charge in [0.1, 0.15) is 18.2 Å². The number of benzene rings is 2. The maximum Gasteiger partial charge on any atom is 0.253 e. The third kappa shape index (κ3) is 3.76. The Balaban J connectivity index is 1.12. The van der Waals surface area contributed by atoms with Crippen molar-refractivity contribution < 1.29 is 18.7 Å². The molecule has 3 fully saturated rings. The van der Waals surface area contributed by atoms with Crippen molar-refractivity contribution in [3.63, 3.8) is 0 Å². The van der Waals surface area contributed by atoms with E-state index in [9.17, 15) is 14.0 Å². The summed E-state index contributed by atoms with van der Waals surface area (Å²) in [5.41, 5.74) is 1.12. The van der Waals surface area contributed by atoms with E-state index in [4.69, 9.17) is 16.3 Å². The van der Waals surface area contributed by atoms with Crippen molar-refractivity contribution in [2.24, 2.45) is 5.41 Å². The van der Waals surface area contributed by atoms with Gasteiger partial charge in [-0.3, -0.25) is 14.6 Å². The van der Waals surface area contributed by atoms with E-state index < -0.39 is 5.82 Å². The van der Waals surface area contributed by atoms with Crippen molar-refractivity contribution in [1.82, 2.24) is 10.3 Å². The van der Waals surface area contributed by atoms with Crippen molar-refractivity contribution in [3.05, 3.63) is 71.1 Å². The summed E-state index contributed by atoms with van der Waals surface area (Å²) in [5, 5.41) is 4.07. The summed E-state index contributed by atoms with van der Waals surface area (Å²) in [5.74, 6) is -0.467.